The quantitative estimate of drug-likeness (QED) is 0.826. The van der Waals surface area contributed by atoms with Gasteiger partial charge in [0.1, 0.15) is 5.82 Å². The lowest BCUT2D eigenvalue weighted by Gasteiger charge is -2.37. The Hall–Kier alpha value is -1.62. The molecule has 2 heterocycles. The summed E-state index contributed by atoms with van der Waals surface area (Å²) in [6.07, 6.45) is 3.65. The number of amides is 1. The van der Waals surface area contributed by atoms with Crippen LogP contribution < -0.4 is 16.4 Å². The van der Waals surface area contributed by atoms with Crippen molar-refractivity contribution in [2.45, 2.75) is 25.8 Å². The molecule has 18 heavy (non-hydrogen) atoms. The van der Waals surface area contributed by atoms with Crippen LogP contribution in [0.25, 0.3) is 0 Å². The summed E-state index contributed by atoms with van der Waals surface area (Å²) >= 11 is 0. The molecule has 2 atom stereocenters. The summed E-state index contributed by atoms with van der Waals surface area (Å²) in [5.74, 6) is 0.706. The maximum atomic E-state index is 11.4. The molecule has 1 aromatic rings. The zero-order chi connectivity index (χ0) is 13.1. The van der Waals surface area contributed by atoms with Crippen molar-refractivity contribution in [2.24, 2.45) is 17.4 Å². The Kier molecular flexibility index (Phi) is 3.81. The van der Waals surface area contributed by atoms with Gasteiger partial charge in [-0.1, -0.05) is 13.3 Å². The van der Waals surface area contributed by atoms with Gasteiger partial charge in [-0.3, -0.25) is 4.79 Å². The third-order valence-electron chi connectivity index (χ3n) is 3.67. The molecule has 1 aromatic heterocycles. The Morgan fingerprint density at radius 3 is 3.06 bits per heavy atom. The van der Waals surface area contributed by atoms with Crippen LogP contribution in [0.3, 0.4) is 0 Å². The van der Waals surface area contributed by atoms with E-state index in [-0.39, 0.29) is 6.04 Å². The smallest absolute Gasteiger partial charge is 0.252 e. The molecule has 0 saturated carbocycles. The minimum atomic E-state index is -0.430. The highest BCUT2D eigenvalue weighted by molar-refractivity contribution is 5.97. The Morgan fingerprint density at radius 2 is 2.39 bits per heavy atom. The molecule has 0 spiro atoms. The van der Waals surface area contributed by atoms with Crippen LogP contribution in [0.1, 0.15) is 30.1 Å². The summed E-state index contributed by atoms with van der Waals surface area (Å²) in [6.45, 7) is 3.81. The predicted molar refractivity (Wildman–Crippen MR) is 71.3 cm³/mol. The topological polar surface area (TPSA) is 85.2 Å². The number of aromatic nitrogens is 1. The highest BCUT2D eigenvalue weighted by Gasteiger charge is 2.27. The molecule has 2 unspecified atom stereocenters. The number of anilines is 1. The van der Waals surface area contributed by atoms with Crippen molar-refractivity contribution in [3.05, 3.63) is 23.9 Å². The summed E-state index contributed by atoms with van der Waals surface area (Å²) in [6, 6.07) is 3.70. The van der Waals surface area contributed by atoms with Gasteiger partial charge < -0.3 is 16.4 Å². The molecule has 1 aliphatic heterocycles. The third-order valence-corrected chi connectivity index (χ3v) is 3.67. The fourth-order valence-electron chi connectivity index (χ4n) is 2.52. The van der Waals surface area contributed by atoms with Crippen LogP contribution in [0.5, 0.6) is 0 Å². The first-order valence-electron chi connectivity index (χ1n) is 6.38. The summed E-state index contributed by atoms with van der Waals surface area (Å²) in [4.78, 5) is 17.8. The Labute approximate surface area is 107 Å². The van der Waals surface area contributed by atoms with Gasteiger partial charge in [-0.05, 0) is 24.5 Å². The number of nitrogens with zero attached hydrogens (tertiary/aromatic N) is 2. The summed E-state index contributed by atoms with van der Waals surface area (Å²) in [7, 11) is 0. The van der Waals surface area contributed by atoms with E-state index < -0.39 is 5.91 Å². The van der Waals surface area contributed by atoms with Crippen LogP contribution in [0.2, 0.25) is 0 Å². The normalized spacial score (nSPS) is 24.0. The van der Waals surface area contributed by atoms with Gasteiger partial charge >= 0.3 is 0 Å². The number of piperidine rings is 1. The van der Waals surface area contributed by atoms with Crippen molar-refractivity contribution in [1.29, 1.82) is 0 Å². The first-order chi connectivity index (χ1) is 8.63. The number of pyridine rings is 1. The molecular formula is C13H20N4O. The molecule has 0 aliphatic carbocycles. The van der Waals surface area contributed by atoms with Crippen LogP contribution in [-0.4, -0.2) is 30.0 Å². The van der Waals surface area contributed by atoms with Crippen LogP contribution in [0.15, 0.2) is 18.3 Å². The van der Waals surface area contributed by atoms with E-state index in [1.165, 1.54) is 0 Å². The molecule has 5 nitrogen and oxygen atoms in total. The van der Waals surface area contributed by atoms with E-state index in [9.17, 15) is 4.79 Å². The molecule has 0 bridgehead atoms. The lowest BCUT2D eigenvalue weighted by Crippen LogP contribution is -2.47. The van der Waals surface area contributed by atoms with Gasteiger partial charge in [-0.2, -0.15) is 0 Å². The number of hydrogen-bond acceptors (Lipinski definition) is 4. The lowest BCUT2D eigenvalue weighted by molar-refractivity contribution is 0.100. The van der Waals surface area contributed by atoms with E-state index in [0.717, 1.165) is 25.9 Å². The number of hydrogen-bond donors (Lipinski definition) is 2. The van der Waals surface area contributed by atoms with Crippen molar-refractivity contribution >= 4 is 11.7 Å². The van der Waals surface area contributed by atoms with Crippen molar-refractivity contribution < 1.29 is 4.79 Å². The van der Waals surface area contributed by atoms with Crippen LogP contribution in [-0.2, 0) is 0 Å². The molecule has 0 radical (unpaired) electrons. The zero-order valence-electron chi connectivity index (χ0n) is 10.7. The number of carbonyl (C=O) groups excluding carboxylic acids is 1. The van der Waals surface area contributed by atoms with Crippen molar-refractivity contribution in [3.63, 3.8) is 0 Å². The van der Waals surface area contributed by atoms with Crippen LogP contribution in [0.4, 0.5) is 5.82 Å². The second-order valence-corrected chi connectivity index (χ2v) is 4.81. The Balaban J connectivity index is 2.24. The van der Waals surface area contributed by atoms with E-state index in [0.29, 0.717) is 17.3 Å². The maximum absolute atomic E-state index is 11.4. The summed E-state index contributed by atoms with van der Waals surface area (Å²) in [5, 5.41) is 0. The largest absolute Gasteiger partial charge is 0.365 e. The number of rotatable bonds is 3. The number of carbonyl (C=O) groups is 1. The minimum Gasteiger partial charge on any atom is -0.365 e. The van der Waals surface area contributed by atoms with E-state index in [1.54, 1.807) is 18.3 Å². The molecule has 1 fully saturated rings. The van der Waals surface area contributed by atoms with Gasteiger partial charge in [0.05, 0.1) is 5.56 Å². The van der Waals surface area contributed by atoms with Crippen molar-refractivity contribution in [3.8, 4) is 0 Å². The van der Waals surface area contributed by atoms with Crippen molar-refractivity contribution in [1.82, 2.24) is 4.98 Å². The molecule has 98 valence electrons. The third kappa shape index (κ3) is 2.46. The summed E-state index contributed by atoms with van der Waals surface area (Å²) < 4.78 is 0. The van der Waals surface area contributed by atoms with Gasteiger partial charge in [0.25, 0.3) is 5.91 Å². The van der Waals surface area contributed by atoms with E-state index in [4.69, 9.17) is 11.5 Å². The van der Waals surface area contributed by atoms with Crippen LogP contribution in [0, 0.1) is 5.92 Å². The summed E-state index contributed by atoms with van der Waals surface area (Å²) in [5.41, 5.74) is 12.0. The average molecular weight is 248 g/mol. The number of nitrogens with two attached hydrogens (primary N) is 2. The molecule has 1 amide bonds. The average Bonchev–Trinajstić information content (AvgIpc) is 2.39. The van der Waals surface area contributed by atoms with Gasteiger partial charge in [0.15, 0.2) is 0 Å². The molecule has 5 heteroatoms. The highest BCUT2D eigenvalue weighted by atomic mass is 16.1. The minimum absolute atomic E-state index is 0.243. The molecular weight excluding hydrogens is 228 g/mol. The van der Waals surface area contributed by atoms with Gasteiger partial charge in [-0.15, -0.1) is 0 Å². The van der Waals surface area contributed by atoms with Crippen LogP contribution >= 0.6 is 0 Å². The van der Waals surface area contributed by atoms with Gasteiger partial charge in [-0.25, -0.2) is 4.98 Å². The SMILES string of the molecule is CCC1CN(c2ncccc2C(N)=O)CCC1N. The molecule has 1 saturated heterocycles. The lowest BCUT2D eigenvalue weighted by atomic mass is 9.90. The molecule has 4 N–H and O–H groups in total. The first-order valence-corrected chi connectivity index (χ1v) is 6.38. The molecule has 0 aromatic carbocycles. The van der Waals surface area contributed by atoms with Gasteiger partial charge in [0.2, 0.25) is 0 Å². The van der Waals surface area contributed by atoms with E-state index >= 15 is 0 Å². The van der Waals surface area contributed by atoms with E-state index in [1.807, 2.05) is 0 Å². The Bertz CT molecular complexity index is 435. The molecule has 1 aliphatic rings. The highest BCUT2D eigenvalue weighted by Crippen LogP contribution is 2.25. The fourth-order valence-corrected chi connectivity index (χ4v) is 2.52. The monoisotopic (exact) mass is 248 g/mol. The maximum Gasteiger partial charge on any atom is 0.252 e. The standard InChI is InChI=1S/C13H20N4O/c1-2-9-8-17(7-5-11(9)14)13-10(12(15)18)4-3-6-16-13/h3-4,6,9,11H,2,5,7-8,14H2,1H3,(H2,15,18). The van der Waals surface area contributed by atoms with E-state index in [2.05, 4.69) is 16.8 Å². The van der Waals surface area contributed by atoms with Gasteiger partial charge in [0, 0.05) is 25.3 Å². The zero-order valence-corrected chi connectivity index (χ0v) is 10.7. The van der Waals surface area contributed by atoms with Crippen molar-refractivity contribution in [2.75, 3.05) is 18.0 Å². The second-order valence-electron chi connectivity index (χ2n) is 4.81. The number of primary amides is 1. The fraction of sp³-hybridized carbons (Fsp3) is 0.538. The second kappa shape index (κ2) is 5.35. The predicted octanol–water partition coefficient (Wildman–Crippen LogP) is 0.744. The molecule has 2 rings (SSSR count). The first kappa shape index (κ1) is 12.8. The Morgan fingerprint density at radius 1 is 1.61 bits per heavy atom.